The molecule has 0 saturated heterocycles. The van der Waals surface area contributed by atoms with E-state index in [9.17, 15) is 0 Å². The number of ether oxygens (including phenoxy) is 1. The third-order valence-corrected chi connectivity index (χ3v) is 9.09. The smallest absolute Gasteiger partial charge is 0.118 e. The van der Waals surface area contributed by atoms with Gasteiger partial charge < -0.3 is 4.74 Å². The zero-order chi connectivity index (χ0) is 18.6. The van der Waals surface area contributed by atoms with Gasteiger partial charge in [-0.05, 0) is 103 Å². The summed E-state index contributed by atoms with van der Waals surface area (Å²) in [4.78, 5) is 0. The van der Waals surface area contributed by atoms with E-state index in [0.717, 1.165) is 23.5 Å². The fourth-order valence-corrected chi connectivity index (χ4v) is 7.57. The van der Waals surface area contributed by atoms with Crippen molar-refractivity contribution in [2.45, 2.75) is 64.7 Å². The van der Waals surface area contributed by atoms with Gasteiger partial charge in [0.2, 0.25) is 0 Å². The van der Waals surface area contributed by atoms with Crippen LogP contribution >= 0.6 is 0 Å². The number of fused-ring (bicyclic) bond motifs is 5. The summed E-state index contributed by atoms with van der Waals surface area (Å²) in [5.74, 6) is 4.18. The van der Waals surface area contributed by atoms with Crippen LogP contribution in [0.4, 0.5) is 0 Å². The Balaban J connectivity index is 1.47. The fraction of sp³-hybridized carbons (Fsp3) is 0.615. The molecule has 0 unspecified atom stereocenters. The number of allylic oxidation sites excluding steroid dienone is 4. The molecule has 1 aromatic carbocycles. The van der Waals surface area contributed by atoms with Gasteiger partial charge in [-0.1, -0.05) is 44.2 Å². The Morgan fingerprint density at radius 2 is 1.78 bits per heavy atom. The summed E-state index contributed by atoms with van der Waals surface area (Å²) in [6.07, 6.45) is 17.3. The van der Waals surface area contributed by atoms with Gasteiger partial charge >= 0.3 is 0 Å². The molecule has 1 heteroatoms. The number of hydrogen-bond acceptors (Lipinski definition) is 1. The highest BCUT2D eigenvalue weighted by atomic mass is 16.5. The van der Waals surface area contributed by atoms with Gasteiger partial charge in [0, 0.05) is 0 Å². The Hall–Kier alpha value is -1.50. The van der Waals surface area contributed by atoms with Gasteiger partial charge in [-0.15, -0.1) is 0 Å². The van der Waals surface area contributed by atoms with Gasteiger partial charge in [-0.2, -0.15) is 0 Å². The summed E-state index contributed by atoms with van der Waals surface area (Å²) >= 11 is 0. The molecule has 0 bridgehead atoms. The van der Waals surface area contributed by atoms with E-state index in [-0.39, 0.29) is 0 Å². The Bertz CT molecular complexity index is 772. The lowest BCUT2D eigenvalue weighted by molar-refractivity contribution is -0.00221. The minimum absolute atomic E-state index is 0.442. The average molecular weight is 363 g/mol. The van der Waals surface area contributed by atoms with Crippen LogP contribution in [0.2, 0.25) is 0 Å². The molecule has 4 aliphatic carbocycles. The molecular formula is C26H34O. The molecule has 4 aliphatic rings. The first-order valence-corrected chi connectivity index (χ1v) is 11.1. The molecule has 0 aliphatic heterocycles. The number of rotatable bonds is 2. The Morgan fingerprint density at radius 1 is 0.963 bits per heavy atom. The highest BCUT2D eigenvalue weighted by molar-refractivity contribution is 5.37. The topological polar surface area (TPSA) is 9.23 Å². The van der Waals surface area contributed by atoms with E-state index in [1.165, 1.54) is 50.5 Å². The summed E-state index contributed by atoms with van der Waals surface area (Å²) in [5, 5.41) is 0. The largest absolute Gasteiger partial charge is 0.497 e. The van der Waals surface area contributed by atoms with Crippen molar-refractivity contribution < 1.29 is 4.74 Å². The van der Waals surface area contributed by atoms with Crippen LogP contribution in [0.15, 0.2) is 48.1 Å². The summed E-state index contributed by atoms with van der Waals surface area (Å²) in [7, 11) is 1.76. The Morgan fingerprint density at radius 3 is 2.56 bits per heavy atom. The molecule has 2 saturated carbocycles. The summed E-state index contributed by atoms with van der Waals surface area (Å²) in [6.45, 7) is 5.19. The first kappa shape index (κ1) is 17.6. The maximum Gasteiger partial charge on any atom is 0.118 e. The maximum absolute atomic E-state index is 5.38. The molecule has 5 rings (SSSR count). The first-order valence-electron chi connectivity index (χ1n) is 11.1. The van der Waals surface area contributed by atoms with Crippen LogP contribution in [0.5, 0.6) is 5.75 Å². The predicted molar refractivity (Wildman–Crippen MR) is 112 cm³/mol. The highest BCUT2D eigenvalue weighted by Gasteiger charge is 2.57. The van der Waals surface area contributed by atoms with Gasteiger partial charge in [0.1, 0.15) is 5.75 Å². The van der Waals surface area contributed by atoms with Gasteiger partial charge in [-0.3, -0.25) is 0 Å². The van der Waals surface area contributed by atoms with Crippen LogP contribution in [0.3, 0.4) is 0 Å². The molecule has 144 valence electrons. The maximum atomic E-state index is 5.38. The lowest BCUT2D eigenvalue weighted by atomic mass is 9.48. The third-order valence-electron chi connectivity index (χ3n) is 9.09. The molecule has 27 heavy (non-hydrogen) atoms. The lowest BCUT2D eigenvalue weighted by Crippen LogP contribution is -2.48. The molecule has 1 nitrogen and oxygen atoms in total. The Kier molecular flexibility index (Phi) is 4.08. The zero-order valence-corrected chi connectivity index (χ0v) is 17.2. The number of hydrogen-bond donors (Lipinski definition) is 0. The summed E-state index contributed by atoms with van der Waals surface area (Å²) in [5.41, 5.74) is 4.08. The monoisotopic (exact) mass is 362 g/mol. The van der Waals surface area contributed by atoms with Crippen LogP contribution in [-0.4, -0.2) is 7.11 Å². The van der Waals surface area contributed by atoms with Gasteiger partial charge in [0.15, 0.2) is 0 Å². The third kappa shape index (κ3) is 2.50. The van der Waals surface area contributed by atoms with Crippen molar-refractivity contribution in [3.63, 3.8) is 0 Å². The average Bonchev–Trinajstić information content (AvgIpc) is 3.05. The van der Waals surface area contributed by atoms with E-state index in [0.29, 0.717) is 16.7 Å². The zero-order valence-electron chi connectivity index (χ0n) is 17.2. The predicted octanol–water partition coefficient (Wildman–Crippen LogP) is 6.91. The fourth-order valence-electron chi connectivity index (χ4n) is 7.57. The molecule has 0 radical (unpaired) electrons. The summed E-state index contributed by atoms with van der Waals surface area (Å²) in [6, 6.07) is 8.95. The van der Waals surface area contributed by atoms with Crippen molar-refractivity contribution in [2.75, 3.05) is 7.11 Å². The molecular weight excluding hydrogens is 328 g/mol. The summed E-state index contributed by atoms with van der Waals surface area (Å²) < 4.78 is 5.38. The van der Waals surface area contributed by atoms with Crippen molar-refractivity contribution >= 4 is 0 Å². The van der Waals surface area contributed by atoms with E-state index in [1.54, 1.807) is 12.7 Å². The van der Waals surface area contributed by atoms with Crippen LogP contribution in [0.1, 0.15) is 70.3 Å². The van der Waals surface area contributed by atoms with Crippen LogP contribution in [0.25, 0.3) is 0 Å². The second-order valence-corrected chi connectivity index (χ2v) is 10.1. The minimum Gasteiger partial charge on any atom is -0.497 e. The normalized spacial score (nSPS) is 42.7. The molecule has 6 atom stereocenters. The van der Waals surface area contributed by atoms with E-state index in [2.05, 4.69) is 56.3 Å². The molecule has 0 amide bonds. The molecule has 2 fully saturated rings. The van der Waals surface area contributed by atoms with Crippen molar-refractivity contribution in [2.24, 2.45) is 28.6 Å². The van der Waals surface area contributed by atoms with Gasteiger partial charge in [0.05, 0.1) is 7.11 Å². The van der Waals surface area contributed by atoms with Crippen molar-refractivity contribution in [1.82, 2.24) is 0 Å². The van der Waals surface area contributed by atoms with Gasteiger partial charge in [0.25, 0.3) is 0 Å². The first-order chi connectivity index (χ1) is 13.1. The minimum atomic E-state index is 0.442. The van der Waals surface area contributed by atoms with Crippen LogP contribution in [0, 0.1) is 28.6 Å². The van der Waals surface area contributed by atoms with Crippen LogP contribution in [-0.2, 0) is 0 Å². The lowest BCUT2D eigenvalue weighted by Gasteiger charge is -2.56. The second-order valence-electron chi connectivity index (χ2n) is 10.1. The molecule has 1 aromatic rings. The highest BCUT2D eigenvalue weighted by Crippen LogP contribution is 2.67. The van der Waals surface area contributed by atoms with Crippen molar-refractivity contribution in [3.05, 3.63) is 53.6 Å². The molecule has 0 spiro atoms. The molecule has 0 heterocycles. The SMILES string of the molecule is COc1ccc([C@H]2CC[C@H]3[C@@H]4C=CC5=CCCC[C@]5(C)[C@H]4CC[C@]23C)cc1. The quantitative estimate of drug-likeness (QED) is 0.555. The van der Waals surface area contributed by atoms with Gasteiger partial charge in [-0.25, -0.2) is 0 Å². The van der Waals surface area contributed by atoms with E-state index >= 15 is 0 Å². The molecule has 0 aromatic heterocycles. The standard InChI is InChI=1S/C26H34O/c1-25-16-5-4-6-19(25)9-12-21-23-14-13-22(26(23,2)17-15-24(21)25)18-7-10-20(27-3)11-8-18/h6-12,21-24H,4-5,13-17H2,1-3H3/t21-,22+,23-,24-,25-,26+/m0/s1. The van der Waals surface area contributed by atoms with E-state index < -0.39 is 0 Å². The molecule has 0 N–H and O–H groups in total. The second kappa shape index (κ2) is 6.26. The van der Waals surface area contributed by atoms with Crippen molar-refractivity contribution in [3.8, 4) is 5.75 Å². The van der Waals surface area contributed by atoms with Crippen molar-refractivity contribution in [1.29, 1.82) is 0 Å². The Labute approximate surface area is 164 Å². The van der Waals surface area contributed by atoms with E-state index in [4.69, 9.17) is 4.74 Å². The van der Waals surface area contributed by atoms with E-state index in [1.807, 2.05) is 0 Å². The number of benzene rings is 1. The van der Waals surface area contributed by atoms with Crippen LogP contribution < -0.4 is 4.74 Å². The number of methoxy groups -OCH3 is 1.